The van der Waals surface area contributed by atoms with Crippen molar-refractivity contribution in [1.29, 1.82) is 0 Å². The van der Waals surface area contributed by atoms with Crippen molar-refractivity contribution in [3.05, 3.63) is 41.8 Å². The van der Waals surface area contributed by atoms with Gasteiger partial charge in [0.05, 0.1) is 19.0 Å². The van der Waals surface area contributed by atoms with E-state index in [1.165, 1.54) is 13.4 Å². The number of rotatable bonds is 6. The summed E-state index contributed by atoms with van der Waals surface area (Å²) in [4.78, 5) is 31.1. The minimum atomic E-state index is -0.207. The molecule has 3 aromatic rings. The first-order valence-electron chi connectivity index (χ1n) is 9.67. The first-order valence-corrected chi connectivity index (χ1v) is 10.0. The Labute approximate surface area is 178 Å². The SMILES string of the molecule is COC(=O)CN1CCC(Nc2ncc3c(Nc4cccc(Cl)c4)ncnc3n2)CC1. The fraction of sp³-hybridized carbons (Fsp3) is 0.350. The first-order chi connectivity index (χ1) is 14.6. The van der Waals surface area contributed by atoms with Gasteiger partial charge in [0.15, 0.2) is 5.65 Å². The molecule has 156 valence electrons. The average Bonchev–Trinajstić information content (AvgIpc) is 2.75. The lowest BCUT2D eigenvalue weighted by molar-refractivity contribution is -0.142. The molecule has 0 saturated carbocycles. The molecule has 0 amide bonds. The van der Waals surface area contributed by atoms with Gasteiger partial charge in [-0.25, -0.2) is 15.0 Å². The van der Waals surface area contributed by atoms with Crippen LogP contribution in [0.3, 0.4) is 0 Å². The number of hydrogen-bond acceptors (Lipinski definition) is 9. The number of likely N-dealkylation sites (tertiary alicyclic amines) is 1. The maximum atomic E-state index is 11.4. The highest BCUT2D eigenvalue weighted by Gasteiger charge is 2.21. The number of nitrogens with one attached hydrogen (secondary N) is 2. The first kappa shape index (κ1) is 20.2. The van der Waals surface area contributed by atoms with Crippen LogP contribution in [0, 0.1) is 0 Å². The molecular formula is C20H22ClN7O2. The maximum Gasteiger partial charge on any atom is 0.319 e. The highest BCUT2D eigenvalue weighted by atomic mass is 35.5. The smallest absolute Gasteiger partial charge is 0.319 e. The molecule has 10 heteroatoms. The van der Waals surface area contributed by atoms with Crippen LogP contribution in [0.25, 0.3) is 11.0 Å². The summed E-state index contributed by atoms with van der Waals surface area (Å²) in [6, 6.07) is 7.64. The average molecular weight is 428 g/mol. The second-order valence-electron chi connectivity index (χ2n) is 7.06. The van der Waals surface area contributed by atoms with Gasteiger partial charge in [0.1, 0.15) is 12.1 Å². The van der Waals surface area contributed by atoms with Crippen molar-refractivity contribution in [3.63, 3.8) is 0 Å². The Hall–Kier alpha value is -3.04. The number of methoxy groups -OCH3 is 1. The Morgan fingerprint density at radius 2 is 2.10 bits per heavy atom. The van der Waals surface area contributed by atoms with E-state index < -0.39 is 0 Å². The van der Waals surface area contributed by atoms with E-state index >= 15 is 0 Å². The van der Waals surface area contributed by atoms with Gasteiger partial charge in [0, 0.05) is 36.0 Å². The number of anilines is 3. The molecule has 1 aromatic carbocycles. The molecule has 1 aliphatic heterocycles. The molecule has 0 bridgehead atoms. The summed E-state index contributed by atoms with van der Waals surface area (Å²) in [6.07, 6.45) is 4.97. The van der Waals surface area contributed by atoms with Crippen molar-refractivity contribution in [3.8, 4) is 0 Å². The Morgan fingerprint density at radius 1 is 1.27 bits per heavy atom. The summed E-state index contributed by atoms with van der Waals surface area (Å²) in [5.74, 6) is 0.937. The number of carbonyl (C=O) groups excluding carboxylic acids is 1. The number of ether oxygens (including phenoxy) is 1. The van der Waals surface area contributed by atoms with Crippen molar-refractivity contribution in [2.24, 2.45) is 0 Å². The van der Waals surface area contributed by atoms with Crippen LogP contribution in [-0.2, 0) is 9.53 Å². The highest BCUT2D eigenvalue weighted by molar-refractivity contribution is 6.30. The van der Waals surface area contributed by atoms with Crippen LogP contribution in [0.1, 0.15) is 12.8 Å². The second-order valence-corrected chi connectivity index (χ2v) is 7.50. The molecule has 2 aromatic heterocycles. The van der Waals surface area contributed by atoms with Gasteiger partial charge in [-0.3, -0.25) is 9.69 Å². The van der Waals surface area contributed by atoms with Crippen LogP contribution < -0.4 is 10.6 Å². The monoisotopic (exact) mass is 427 g/mol. The number of carbonyl (C=O) groups is 1. The van der Waals surface area contributed by atoms with Gasteiger partial charge >= 0.3 is 5.97 Å². The van der Waals surface area contributed by atoms with Gasteiger partial charge < -0.3 is 15.4 Å². The van der Waals surface area contributed by atoms with E-state index in [2.05, 4.69) is 35.5 Å². The van der Waals surface area contributed by atoms with Gasteiger partial charge in [0.2, 0.25) is 5.95 Å². The zero-order chi connectivity index (χ0) is 20.9. The quantitative estimate of drug-likeness (QED) is 0.574. The van der Waals surface area contributed by atoms with Gasteiger partial charge in [0.25, 0.3) is 0 Å². The van der Waals surface area contributed by atoms with E-state index in [0.29, 0.717) is 29.0 Å². The standard InChI is InChI=1S/C20H22ClN7O2/c1-30-17(29)11-28-7-5-14(6-8-28)26-20-22-10-16-18(23-12-24-19(16)27-20)25-15-4-2-3-13(21)9-15/h2-4,9-10,12,14H,5-8,11H2,1H3,(H2,22,23,24,25,26,27). The molecule has 0 aliphatic carbocycles. The summed E-state index contributed by atoms with van der Waals surface area (Å²) in [6.45, 7) is 1.96. The van der Waals surface area contributed by atoms with Crippen LogP contribution in [0.5, 0.6) is 0 Å². The molecule has 30 heavy (non-hydrogen) atoms. The normalized spacial score (nSPS) is 15.1. The molecule has 1 aliphatic rings. The minimum absolute atomic E-state index is 0.207. The highest BCUT2D eigenvalue weighted by Crippen LogP contribution is 2.24. The van der Waals surface area contributed by atoms with Crippen molar-refractivity contribution in [2.75, 3.05) is 37.4 Å². The Balaban J connectivity index is 1.42. The largest absolute Gasteiger partial charge is 0.468 e. The maximum absolute atomic E-state index is 11.4. The molecule has 3 heterocycles. The Morgan fingerprint density at radius 3 is 2.87 bits per heavy atom. The molecule has 0 spiro atoms. The summed E-state index contributed by atoms with van der Waals surface area (Å²) in [7, 11) is 1.41. The minimum Gasteiger partial charge on any atom is -0.468 e. The third-order valence-electron chi connectivity index (χ3n) is 4.98. The Kier molecular flexibility index (Phi) is 6.20. The van der Waals surface area contributed by atoms with Gasteiger partial charge in [-0.1, -0.05) is 17.7 Å². The number of aromatic nitrogens is 4. The van der Waals surface area contributed by atoms with Crippen LogP contribution in [0.2, 0.25) is 5.02 Å². The summed E-state index contributed by atoms with van der Waals surface area (Å²) in [5.41, 5.74) is 1.37. The van der Waals surface area contributed by atoms with Crippen LogP contribution in [0.15, 0.2) is 36.8 Å². The molecule has 0 atom stereocenters. The lowest BCUT2D eigenvalue weighted by Crippen LogP contribution is -2.41. The van der Waals surface area contributed by atoms with Crippen molar-refractivity contribution in [2.45, 2.75) is 18.9 Å². The van der Waals surface area contributed by atoms with Crippen LogP contribution >= 0.6 is 11.6 Å². The summed E-state index contributed by atoms with van der Waals surface area (Å²) in [5, 5.41) is 7.96. The van der Waals surface area contributed by atoms with Crippen molar-refractivity contribution >= 4 is 46.1 Å². The lowest BCUT2D eigenvalue weighted by atomic mass is 10.1. The molecule has 1 fully saturated rings. The number of fused-ring (bicyclic) bond motifs is 1. The van der Waals surface area contributed by atoms with Crippen LogP contribution in [-0.4, -0.2) is 63.6 Å². The molecule has 2 N–H and O–H groups in total. The molecule has 4 rings (SSSR count). The molecule has 0 unspecified atom stereocenters. The number of hydrogen-bond donors (Lipinski definition) is 2. The number of benzene rings is 1. The van der Waals surface area contributed by atoms with E-state index in [1.54, 1.807) is 6.20 Å². The topological polar surface area (TPSA) is 105 Å². The molecule has 1 saturated heterocycles. The predicted octanol–water partition coefficient (Wildman–Crippen LogP) is 2.87. The molecule has 0 radical (unpaired) electrons. The number of esters is 1. The van der Waals surface area contributed by atoms with Gasteiger partial charge in [-0.05, 0) is 31.0 Å². The van der Waals surface area contributed by atoms with Gasteiger partial charge in [-0.15, -0.1) is 0 Å². The third-order valence-corrected chi connectivity index (χ3v) is 5.21. The molecular weight excluding hydrogens is 406 g/mol. The van der Waals surface area contributed by atoms with E-state index in [9.17, 15) is 4.79 Å². The van der Waals surface area contributed by atoms with E-state index in [-0.39, 0.29) is 12.0 Å². The lowest BCUT2D eigenvalue weighted by Gasteiger charge is -2.31. The van der Waals surface area contributed by atoms with E-state index in [4.69, 9.17) is 16.3 Å². The fourth-order valence-corrected chi connectivity index (χ4v) is 3.58. The van der Waals surface area contributed by atoms with Gasteiger partial charge in [-0.2, -0.15) is 4.98 Å². The number of piperidine rings is 1. The summed E-state index contributed by atoms with van der Waals surface area (Å²) < 4.78 is 4.73. The number of nitrogens with zero attached hydrogens (tertiary/aromatic N) is 5. The predicted molar refractivity (Wildman–Crippen MR) is 115 cm³/mol. The zero-order valence-electron chi connectivity index (χ0n) is 16.5. The number of halogens is 1. The second kappa shape index (κ2) is 9.19. The van der Waals surface area contributed by atoms with Crippen molar-refractivity contribution in [1.82, 2.24) is 24.8 Å². The van der Waals surface area contributed by atoms with E-state index in [0.717, 1.165) is 37.0 Å². The zero-order valence-corrected chi connectivity index (χ0v) is 17.3. The van der Waals surface area contributed by atoms with E-state index in [1.807, 2.05) is 24.3 Å². The third kappa shape index (κ3) is 4.92. The van der Waals surface area contributed by atoms with Crippen LogP contribution in [0.4, 0.5) is 17.5 Å². The van der Waals surface area contributed by atoms with Crippen molar-refractivity contribution < 1.29 is 9.53 Å². The summed E-state index contributed by atoms with van der Waals surface area (Å²) >= 11 is 6.05. The Bertz CT molecular complexity index is 1040. The molecule has 9 nitrogen and oxygen atoms in total. The fourth-order valence-electron chi connectivity index (χ4n) is 3.39.